The lowest BCUT2D eigenvalue weighted by atomic mass is 9.97. The molecule has 2 atom stereocenters. The second-order valence-electron chi connectivity index (χ2n) is 3.34. The van der Waals surface area contributed by atoms with Crippen LogP contribution >= 0.6 is 0 Å². The number of morpholine rings is 1. The Morgan fingerprint density at radius 1 is 1.70 bits per heavy atom. The van der Waals surface area contributed by atoms with E-state index in [4.69, 9.17) is 4.74 Å². The number of ether oxygens (including phenoxy) is 1. The molecule has 1 N–H and O–H groups in total. The van der Waals surface area contributed by atoms with Crippen molar-refractivity contribution in [3.8, 4) is 0 Å². The van der Waals surface area contributed by atoms with Gasteiger partial charge in [-0.15, -0.1) is 0 Å². The maximum atomic E-state index is 5.81. The van der Waals surface area contributed by atoms with E-state index in [1.165, 1.54) is 12.8 Å². The molecule has 10 heavy (non-hydrogen) atoms. The molecule has 2 bridgehead atoms. The average Bonchev–Trinajstić information content (AvgIpc) is 2.29. The molecule has 2 unspecified atom stereocenters. The van der Waals surface area contributed by atoms with Crippen molar-refractivity contribution in [2.45, 2.75) is 31.0 Å². The predicted octanol–water partition coefficient (Wildman–Crippen LogP) is 0.732. The van der Waals surface area contributed by atoms with Crippen molar-refractivity contribution < 1.29 is 4.74 Å². The summed E-state index contributed by atoms with van der Waals surface area (Å²) in [7, 11) is 0. The van der Waals surface area contributed by atoms with Gasteiger partial charge in [-0.3, -0.25) is 0 Å². The summed E-state index contributed by atoms with van der Waals surface area (Å²) in [6.07, 6.45) is 3.82. The molecular formula is C8H14NO. The highest BCUT2D eigenvalue weighted by molar-refractivity contribution is 4.95. The van der Waals surface area contributed by atoms with E-state index in [1.54, 1.807) is 0 Å². The van der Waals surface area contributed by atoms with Gasteiger partial charge in [0.2, 0.25) is 0 Å². The smallest absolute Gasteiger partial charge is 0.0811 e. The van der Waals surface area contributed by atoms with Crippen LogP contribution in [0.15, 0.2) is 0 Å². The first-order valence-electron chi connectivity index (χ1n) is 4.02. The highest BCUT2D eigenvalue weighted by atomic mass is 16.5. The molecule has 2 aliphatic rings. The van der Waals surface area contributed by atoms with Crippen LogP contribution in [-0.4, -0.2) is 24.8 Å². The van der Waals surface area contributed by atoms with Crippen LogP contribution in [0.2, 0.25) is 0 Å². The zero-order chi connectivity index (χ0) is 7.03. The Labute approximate surface area is 61.9 Å². The Hall–Kier alpha value is -0.0800. The fourth-order valence-electron chi connectivity index (χ4n) is 1.90. The molecule has 2 heteroatoms. The van der Waals surface area contributed by atoms with E-state index in [2.05, 4.69) is 12.2 Å². The molecule has 2 fully saturated rings. The van der Waals surface area contributed by atoms with Gasteiger partial charge in [-0.1, -0.05) is 6.92 Å². The molecular weight excluding hydrogens is 126 g/mol. The summed E-state index contributed by atoms with van der Waals surface area (Å²) in [5, 5.41) is 3.37. The lowest BCUT2D eigenvalue weighted by molar-refractivity contribution is -0.0620. The van der Waals surface area contributed by atoms with Crippen molar-refractivity contribution in [2.24, 2.45) is 0 Å². The van der Waals surface area contributed by atoms with E-state index >= 15 is 0 Å². The van der Waals surface area contributed by atoms with Crippen LogP contribution in [-0.2, 0) is 4.74 Å². The number of fused-ring (bicyclic) bond motifs is 2. The van der Waals surface area contributed by atoms with Gasteiger partial charge in [0.25, 0.3) is 0 Å². The summed E-state index contributed by atoms with van der Waals surface area (Å²) >= 11 is 0. The molecule has 2 nitrogen and oxygen atoms in total. The van der Waals surface area contributed by atoms with E-state index in [0.29, 0.717) is 6.10 Å². The van der Waals surface area contributed by atoms with Crippen LogP contribution in [0.1, 0.15) is 19.3 Å². The Bertz CT molecular complexity index is 133. The molecule has 57 valence electrons. The Balaban J connectivity index is 2.10. The third-order valence-corrected chi connectivity index (χ3v) is 2.61. The van der Waals surface area contributed by atoms with Gasteiger partial charge in [0, 0.05) is 13.1 Å². The molecule has 0 aromatic heterocycles. The SMILES string of the molecule is [CH2]CC12CCC(CNC1)O2. The van der Waals surface area contributed by atoms with Crippen LogP contribution in [0, 0.1) is 6.92 Å². The van der Waals surface area contributed by atoms with Gasteiger partial charge >= 0.3 is 0 Å². The second kappa shape index (κ2) is 2.21. The van der Waals surface area contributed by atoms with Gasteiger partial charge in [0.05, 0.1) is 11.7 Å². The average molecular weight is 140 g/mol. The van der Waals surface area contributed by atoms with E-state index in [1.807, 2.05) is 0 Å². The van der Waals surface area contributed by atoms with Gasteiger partial charge in [-0.2, -0.15) is 0 Å². The van der Waals surface area contributed by atoms with Gasteiger partial charge in [0.1, 0.15) is 0 Å². The molecule has 2 rings (SSSR count). The normalized spacial score (nSPS) is 45.9. The van der Waals surface area contributed by atoms with E-state index < -0.39 is 0 Å². The zero-order valence-corrected chi connectivity index (χ0v) is 6.23. The van der Waals surface area contributed by atoms with Gasteiger partial charge < -0.3 is 10.1 Å². The predicted molar refractivity (Wildman–Crippen MR) is 39.7 cm³/mol. The number of rotatable bonds is 1. The lowest BCUT2D eigenvalue weighted by Crippen LogP contribution is -2.47. The van der Waals surface area contributed by atoms with Gasteiger partial charge in [-0.05, 0) is 19.3 Å². The van der Waals surface area contributed by atoms with Crippen LogP contribution in [0.25, 0.3) is 0 Å². The molecule has 0 aliphatic carbocycles. The molecule has 2 saturated heterocycles. The first-order chi connectivity index (χ1) is 4.85. The van der Waals surface area contributed by atoms with Crippen molar-refractivity contribution in [1.82, 2.24) is 5.32 Å². The van der Waals surface area contributed by atoms with Crippen molar-refractivity contribution >= 4 is 0 Å². The van der Waals surface area contributed by atoms with E-state index in [-0.39, 0.29) is 5.60 Å². The van der Waals surface area contributed by atoms with Crippen LogP contribution < -0.4 is 5.32 Å². The topological polar surface area (TPSA) is 21.3 Å². The fourth-order valence-corrected chi connectivity index (χ4v) is 1.90. The second-order valence-corrected chi connectivity index (χ2v) is 3.34. The maximum Gasteiger partial charge on any atom is 0.0811 e. The van der Waals surface area contributed by atoms with E-state index in [9.17, 15) is 0 Å². The van der Waals surface area contributed by atoms with Crippen molar-refractivity contribution in [2.75, 3.05) is 13.1 Å². The molecule has 2 aliphatic heterocycles. The summed E-state index contributed by atoms with van der Waals surface area (Å²) in [6.45, 7) is 5.96. The summed E-state index contributed by atoms with van der Waals surface area (Å²) in [5.74, 6) is 0. The zero-order valence-electron chi connectivity index (χ0n) is 6.23. The van der Waals surface area contributed by atoms with Crippen molar-refractivity contribution in [1.29, 1.82) is 0 Å². The molecule has 0 aromatic rings. The number of nitrogens with one attached hydrogen (secondary N) is 1. The number of hydrogen-bond acceptors (Lipinski definition) is 2. The van der Waals surface area contributed by atoms with Crippen molar-refractivity contribution in [3.05, 3.63) is 6.92 Å². The monoisotopic (exact) mass is 140 g/mol. The minimum atomic E-state index is 0.114. The largest absolute Gasteiger partial charge is 0.369 e. The third kappa shape index (κ3) is 0.867. The van der Waals surface area contributed by atoms with Gasteiger partial charge in [0.15, 0.2) is 0 Å². The summed E-state index contributed by atoms with van der Waals surface area (Å²) in [4.78, 5) is 0. The Kier molecular flexibility index (Phi) is 1.46. The molecule has 0 amide bonds. The minimum absolute atomic E-state index is 0.114. The minimum Gasteiger partial charge on any atom is -0.369 e. The van der Waals surface area contributed by atoms with Crippen LogP contribution in [0.3, 0.4) is 0 Å². The summed E-state index contributed by atoms with van der Waals surface area (Å²) in [5.41, 5.74) is 0.114. The van der Waals surface area contributed by atoms with Crippen LogP contribution in [0.5, 0.6) is 0 Å². The first-order valence-corrected chi connectivity index (χ1v) is 4.02. The highest BCUT2D eigenvalue weighted by Gasteiger charge is 2.41. The Morgan fingerprint density at radius 3 is 3.30 bits per heavy atom. The highest BCUT2D eigenvalue weighted by Crippen LogP contribution is 2.34. The standard InChI is InChI=1S/C8H14NO/c1-2-8-4-3-7(10-8)5-9-6-8/h7,9H,1-6H2. The van der Waals surface area contributed by atoms with Crippen LogP contribution in [0.4, 0.5) is 0 Å². The molecule has 0 spiro atoms. The molecule has 0 aromatic carbocycles. The molecule has 2 heterocycles. The Morgan fingerprint density at radius 2 is 2.60 bits per heavy atom. The lowest BCUT2D eigenvalue weighted by Gasteiger charge is -2.33. The van der Waals surface area contributed by atoms with Gasteiger partial charge in [-0.25, -0.2) is 0 Å². The van der Waals surface area contributed by atoms with E-state index in [0.717, 1.165) is 19.5 Å². The van der Waals surface area contributed by atoms with Crippen molar-refractivity contribution in [3.63, 3.8) is 0 Å². The summed E-state index contributed by atoms with van der Waals surface area (Å²) in [6, 6.07) is 0. The molecule has 1 radical (unpaired) electrons. The summed E-state index contributed by atoms with van der Waals surface area (Å²) < 4.78 is 5.81. The third-order valence-electron chi connectivity index (χ3n) is 2.61. The number of hydrogen-bond donors (Lipinski definition) is 1. The molecule has 0 saturated carbocycles. The fraction of sp³-hybridized carbons (Fsp3) is 0.875. The quantitative estimate of drug-likeness (QED) is 0.580. The maximum absolute atomic E-state index is 5.81. The first kappa shape index (κ1) is 6.62.